The lowest BCUT2D eigenvalue weighted by atomic mass is 9.83. The van der Waals surface area contributed by atoms with E-state index in [0.29, 0.717) is 0 Å². The fourth-order valence-electron chi connectivity index (χ4n) is 2.19. The van der Waals surface area contributed by atoms with Crippen molar-refractivity contribution in [1.29, 1.82) is 0 Å². The molecule has 0 spiro atoms. The van der Waals surface area contributed by atoms with Gasteiger partial charge in [-0.3, -0.25) is 0 Å². The first-order chi connectivity index (χ1) is 6.31. The molecule has 0 nitrogen and oxygen atoms in total. The number of halogens is 1. The zero-order chi connectivity index (χ0) is 9.26. The average molecular weight is 286 g/mol. The molecule has 1 aliphatic rings. The van der Waals surface area contributed by atoms with Crippen LogP contribution in [0.4, 0.5) is 0 Å². The molecule has 0 saturated heterocycles. The summed E-state index contributed by atoms with van der Waals surface area (Å²) in [6.45, 7) is 2.35. The lowest BCUT2D eigenvalue weighted by Crippen LogP contribution is -2.07. The third-order valence-corrected chi connectivity index (χ3v) is 3.86. The molecule has 0 aliphatic heterocycles. The smallest absolute Gasteiger partial charge is 0.0247 e. The number of benzene rings is 1. The van der Waals surface area contributed by atoms with E-state index in [0.717, 1.165) is 10.3 Å². The minimum Gasteiger partial charge on any atom is -0.0812 e. The largest absolute Gasteiger partial charge is 0.0812 e. The van der Waals surface area contributed by atoms with Gasteiger partial charge in [-0.1, -0.05) is 47.7 Å². The van der Waals surface area contributed by atoms with Gasteiger partial charge in [0.1, 0.15) is 0 Å². The van der Waals surface area contributed by atoms with E-state index >= 15 is 0 Å². The molecule has 13 heavy (non-hydrogen) atoms. The van der Waals surface area contributed by atoms with Crippen molar-refractivity contribution in [2.24, 2.45) is 0 Å². The van der Waals surface area contributed by atoms with Crippen LogP contribution >= 0.6 is 22.6 Å². The molecule has 0 heterocycles. The highest BCUT2D eigenvalue weighted by molar-refractivity contribution is 14.1. The second-order valence-electron chi connectivity index (χ2n) is 3.96. The van der Waals surface area contributed by atoms with E-state index in [1.54, 1.807) is 11.1 Å². The molecule has 0 saturated carbocycles. The maximum atomic E-state index is 2.43. The van der Waals surface area contributed by atoms with Crippen LogP contribution < -0.4 is 0 Å². The Labute approximate surface area is 93.9 Å². The van der Waals surface area contributed by atoms with Gasteiger partial charge in [0.2, 0.25) is 0 Å². The number of fused-ring (bicyclic) bond motifs is 1. The van der Waals surface area contributed by atoms with Crippen molar-refractivity contribution in [3.63, 3.8) is 0 Å². The molecule has 2 rings (SSSR count). The third-order valence-electron chi connectivity index (χ3n) is 2.98. The van der Waals surface area contributed by atoms with Crippen LogP contribution in [0.2, 0.25) is 0 Å². The van der Waals surface area contributed by atoms with Gasteiger partial charge in [0.05, 0.1) is 0 Å². The first-order valence-electron chi connectivity index (χ1n) is 4.99. The first kappa shape index (κ1) is 9.50. The van der Waals surface area contributed by atoms with Gasteiger partial charge in [0.15, 0.2) is 0 Å². The van der Waals surface area contributed by atoms with Gasteiger partial charge in [-0.15, -0.1) is 0 Å². The third kappa shape index (κ3) is 1.90. The van der Waals surface area contributed by atoms with Gasteiger partial charge in [0, 0.05) is 4.43 Å². The van der Waals surface area contributed by atoms with Gasteiger partial charge in [-0.2, -0.15) is 0 Å². The predicted octanol–water partition coefficient (Wildman–Crippen LogP) is 4.06. The van der Waals surface area contributed by atoms with Crippen LogP contribution in [-0.2, 0) is 10.8 Å². The highest BCUT2D eigenvalue weighted by Gasteiger charge is 2.15. The van der Waals surface area contributed by atoms with Crippen LogP contribution in [0.25, 0.3) is 0 Å². The molecule has 0 amide bonds. The average Bonchev–Trinajstić information content (AvgIpc) is 2.18. The number of alkyl halides is 1. The van der Waals surface area contributed by atoms with Crippen molar-refractivity contribution in [3.05, 3.63) is 34.9 Å². The highest BCUT2D eigenvalue weighted by atomic mass is 127. The molecule has 1 aliphatic carbocycles. The van der Waals surface area contributed by atoms with Crippen LogP contribution in [0.3, 0.4) is 0 Å². The van der Waals surface area contributed by atoms with Gasteiger partial charge >= 0.3 is 0 Å². The highest BCUT2D eigenvalue weighted by Crippen LogP contribution is 2.31. The Balaban J connectivity index is 2.39. The van der Waals surface area contributed by atoms with Gasteiger partial charge in [-0.05, 0) is 41.9 Å². The molecule has 1 atom stereocenters. The van der Waals surface area contributed by atoms with E-state index < -0.39 is 0 Å². The van der Waals surface area contributed by atoms with Crippen LogP contribution in [0.5, 0.6) is 0 Å². The molecule has 0 bridgehead atoms. The van der Waals surface area contributed by atoms with Crippen molar-refractivity contribution in [2.75, 3.05) is 0 Å². The summed E-state index contributed by atoms with van der Waals surface area (Å²) in [6.07, 6.45) is 4.04. The summed E-state index contributed by atoms with van der Waals surface area (Å²) in [6, 6.07) is 7.03. The van der Waals surface area contributed by atoms with E-state index in [4.69, 9.17) is 0 Å². The molecule has 0 fully saturated rings. The summed E-state index contributed by atoms with van der Waals surface area (Å²) in [5.74, 6) is 0.784. The van der Waals surface area contributed by atoms with Crippen LogP contribution in [-0.4, -0.2) is 0 Å². The molecule has 70 valence electrons. The Morgan fingerprint density at radius 1 is 1.46 bits per heavy atom. The molecule has 0 N–H and O–H groups in total. The van der Waals surface area contributed by atoms with E-state index in [9.17, 15) is 0 Å². The van der Waals surface area contributed by atoms with Crippen molar-refractivity contribution in [1.82, 2.24) is 0 Å². The summed E-state index contributed by atoms with van der Waals surface area (Å²) >= 11 is 2.43. The summed E-state index contributed by atoms with van der Waals surface area (Å²) in [4.78, 5) is 0. The Morgan fingerprint density at radius 3 is 3.08 bits per heavy atom. The fraction of sp³-hybridized carbons (Fsp3) is 0.500. The number of hydrogen-bond acceptors (Lipinski definition) is 0. The van der Waals surface area contributed by atoms with E-state index in [2.05, 4.69) is 47.7 Å². The fourth-order valence-corrected chi connectivity index (χ4v) is 2.67. The standard InChI is InChI=1S/C12H15I/c1-9-3-2-4-11-7-10(8-13)5-6-12(9)11/h5-7,9H,2-4,8H2,1H3/t9-/m0/s1. The van der Waals surface area contributed by atoms with Crippen LogP contribution in [0, 0.1) is 0 Å². The maximum absolute atomic E-state index is 2.43. The normalized spacial score (nSPS) is 21.2. The quantitative estimate of drug-likeness (QED) is 0.539. The zero-order valence-electron chi connectivity index (χ0n) is 8.02. The minimum absolute atomic E-state index is 0.784. The van der Waals surface area contributed by atoms with Crippen molar-refractivity contribution < 1.29 is 0 Å². The number of hydrogen-bond donors (Lipinski definition) is 0. The Bertz CT molecular complexity index is 304. The van der Waals surface area contributed by atoms with Gasteiger partial charge < -0.3 is 0 Å². The summed E-state index contributed by atoms with van der Waals surface area (Å²) < 4.78 is 1.14. The monoisotopic (exact) mass is 286 g/mol. The van der Waals surface area contributed by atoms with Crippen molar-refractivity contribution >= 4 is 22.6 Å². The van der Waals surface area contributed by atoms with Crippen molar-refractivity contribution in [2.45, 2.75) is 36.5 Å². The molecule has 0 unspecified atom stereocenters. The van der Waals surface area contributed by atoms with Gasteiger partial charge in [-0.25, -0.2) is 0 Å². The number of rotatable bonds is 1. The van der Waals surface area contributed by atoms with Gasteiger partial charge in [0.25, 0.3) is 0 Å². The predicted molar refractivity (Wildman–Crippen MR) is 65.5 cm³/mol. The molecular formula is C12H15I. The Morgan fingerprint density at radius 2 is 2.31 bits per heavy atom. The molecule has 0 aromatic heterocycles. The number of aryl methyl sites for hydroxylation is 1. The SMILES string of the molecule is C[C@H]1CCCc2cc(CI)ccc21. The van der Waals surface area contributed by atoms with Crippen LogP contribution in [0.15, 0.2) is 18.2 Å². The van der Waals surface area contributed by atoms with E-state index in [-0.39, 0.29) is 0 Å². The summed E-state index contributed by atoms with van der Waals surface area (Å²) in [5, 5.41) is 0. The summed E-state index contributed by atoms with van der Waals surface area (Å²) in [7, 11) is 0. The molecule has 1 heteroatoms. The molecule has 0 radical (unpaired) electrons. The minimum atomic E-state index is 0.784. The zero-order valence-corrected chi connectivity index (χ0v) is 10.2. The lowest BCUT2D eigenvalue weighted by Gasteiger charge is -2.22. The summed E-state index contributed by atoms with van der Waals surface area (Å²) in [5.41, 5.74) is 4.68. The topological polar surface area (TPSA) is 0 Å². The second-order valence-corrected chi connectivity index (χ2v) is 4.72. The first-order valence-corrected chi connectivity index (χ1v) is 6.51. The lowest BCUT2D eigenvalue weighted by molar-refractivity contribution is 0.590. The van der Waals surface area contributed by atoms with E-state index in [1.807, 2.05) is 0 Å². The maximum Gasteiger partial charge on any atom is 0.0247 e. The molecular weight excluding hydrogens is 271 g/mol. The molecule has 1 aromatic rings. The molecule has 1 aromatic carbocycles. The van der Waals surface area contributed by atoms with Crippen LogP contribution in [0.1, 0.15) is 42.4 Å². The van der Waals surface area contributed by atoms with E-state index in [1.165, 1.54) is 24.8 Å². The Kier molecular flexibility index (Phi) is 2.92. The Hall–Kier alpha value is -0.0500. The second kappa shape index (κ2) is 3.99. The van der Waals surface area contributed by atoms with Crippen molar-refractivity contribution in [3.8, 4) is 0 Å².